The molecule has 2 fully saturated rings. The van der Waals surface area contributed by atoms with Crippen LogP contribution in [0.5, 0.6) is 0 Å². The van der Waals surface area contributed by atoms with Gasteiger partial charge in [-0.3, -0.25) is 4.79 Å². The third kappa shape index (κ3) is 2.88. The van der Waals surface area contributed by atoms with Crippen LogP contribution in [-0.2, 0) is 4.74 Å². The Hall–Kier alpha value is -2.18. The molecular formula is C15H18FN3O3. The van der Waals surface area contributed by atoms with E-state index in [1.807, 2.05) is 0 Å². The minimum absolute atomic E-state index is 0.00154. The maximum absolute atomic E-state index is 13.6. The molecule has 2 saturated heterocycles. The first-order valence-corrected chi connectivity index (χ1v) is 7.50. The molecule has 0 aliphatic carbocycles. The summed E-state index contributed by atoms with van der Waals surface area (Å²) in [6, 6.07) is 3.08. The lowest BCUT2D eigenvalue weighted by Crippen LogP contribution is -2.51. The molecule has 1 aromatic heterocycles. The fraction of sp³-hybridized carbons (Fsp3) is 0.533. The van der Waals surface area contributed by atoms with Crippen molar-refractivity contribution in [2.75, 3.05) is 26.2 Å². The van der Waals surface area contributed by atoms with Gasteiger partial charge in [-0.15, -0.1) is 0 Å². The first-order valence-electron chi connectivity index (χ1n) is 7.50. The number of pyridine rings is 1. The zero-order chi connectivity index (χ0) is 15.5. The number of cyclic esters (lactones) is 1. The lowest BCUT2D eigenvalue weighted by Gasteiger charge is -2.39. The highest BCUT2D eigenvalue weighted by Crippen LogP contribution is 2.21. The van der Waals surface area contributed by atoms with Gasteiger partial charge in [0.15, 0.2) is 0 Å². The zero-order valence-corrected chi connectivity index (χ0v) is 12.2. The van der Waals surface area contributed by atoms with Gasteiger partial charge in [-0.25, -0.2) is 9.78 Å². The molecule has 0 N–H and O–H groups in total. The van der Waals surface area contributed by atoms with Gasteiger partial charge in [-0.1, -0.05) is 0 Å². The Morgan fingerprint density at radius 1 is 1.32 bits per heavy atom. The second-order valence-electron chi connectivity index (χ2n) is 5.53. The van der Waals surface area contributed by atoms with Crippen molar-refractivity contribution in [2.45, 2.75) is 25.3 Å². The normalized spacial score (nSPS) is 20.0. The van der Waals surface area contributed by atoms with E-state index in [0.29, 0.717) is 39.1 Å². The van der Waals surface area contributed by atoms with Crippen molar-refractivity contribution < 1.29 is 18.7 Å². The number of piperidine rings is 1. The number of carbonyl (C=O) groups is 2. The predicted octanol–water partition coefficient (Wildman–Crippen LogP) is 1.67. The number of rotatable bonds is 2. The summed E-state index contributed by atoms with van der Waals surface area (Å²) in [6.45, 7) is 2.19. The second-order valence-corrected chi connectivity index (χ2v) is 5.53. The average molecular weight is 307 g/mol. The second kappa shape index (κ2) is 6.29. The zero-order valence-electron chi connectivity index (χ0n) is 12.2. The summed E-state index contributed by atoms with van der Waals surface area (Å²) in [4.78, 5) is 30.9. The third-order valence-electron chi connectivity index (χ3n) is 4.19. The van der Waals surface area contributed by atoms with Crippen LogP contribution in [0.15, 0.2) is 18.3 Å². The van der Waals surface area contributed by atoms with Gasteiger partial charge in [0, 0.05) is 31.9 Å². The van der Waals surface area contributed by atoms with Crippen molar-refractivity contribution in [3.8, 4) is 0 Å². The van der Waals surface area contributed by atoms with E-state index < -0.39 is 5.95 Å². The van der Waals surface area contributed by atoms with Gasteiger partial charge in [0.1, 0.15) is 0 Å². The molecule has 0 spiro atoms. The standard InChI is InChI=1S/C15H18FN3O3/c16-13-12(3-1-6-17-13)14(20)18-8-4-11(5-9-18)19-7-2-10-22-15(19)21/h1,3,6,11H,2,4-5,7-10H2. The summed E-state index contributed by atoms with van der Waals surface area (Å²) in [5, 5.41) is 0. The van der Waals surface area contributed by atoms with Crippen LogP contribution >= 0.6 is 0 Å². The Labute approximate surface area is 127 Å². The molecule has 0 aromatic carbocycles. The molecule has 3 heterocycles. The molecule has 2 aliphatic rings. The van der Waals surface area contributed by atoms with Crippen molar-refractivity contribution in [3.05, 3.63) is 29.8 Å². The average Bonchev–Trinajstić information content (AvgIpc) is 2.55. The molecule has 0 saturated carbocycles. The Kier molecular flexibility index (Phi) is 4.22. The van der Waals surface area contributed by atoms with Crippen molar-refractivity contribution in [1.29, 1.82) is 0 Å². The summed E-state index contributed by atoms with van der Waals surface area (Å²) < 4.78 is 18.6. The van der Waals surface area contributed by atoms with Gasteiger partial charge in [-0.05, 0) is 31.4 Å². The predicted molar refractivity (Wildman–Crippen MR) is 75.8 cm³/mol. The first-order chi connectivity index (χ1) is 10.7. The summed E-state index contributed by atoms with van der Waals surface area (Å²) in [7, 11) is 0. The van der Waals surface area contributed by atoms with Crippen LogP contribution in [0.25, 0.3) is 0 Å². The molecule has 0 radical (unpaired) electrons. The Morgan fingerprint density at radius 3 is 2.77 bits per heavy atom. The molecule has 3 rings (SSSR count). The summed E-state index contributed by atoms with van der Waals surface area (Å²) >= 11 is 0. The fourth-order valence-corrected chi connectivity index (χ4v) is 3.00. The first kappa shape index (κ1) is 14.7. The quantitative estimate of drug-likeness (QED) is 0.780. The molecule has 6 nitrogen and oxygen atoms in total. The number of aromatic nitrogens is 1. The number of hydrogen-bond acceptors (Lipinski definition) is 4. The van der Waals surface area contributed by atoms with Crippen molar-refractivity contribution in [1.82, 2.24) is 14.8 Å². The van der Waals surface area contributed by atoms with Gasteiger partial charge >= 0.3 is 6.09 Å². The molecule has 1 aromatic rings. The molecule has 22 heavy (non-hydrogen) atoms. The Balaban J connectivity index is 1.61. The van der Waals surface area contributed by atoms with E-state index in [2.05, 4.69) is 4.98 Å². The van der Waals surface area contributed by atoms with Crippen LogP contribution in [0.2, 0.25) is 0 Å². The number of likely N-dealkylation sites (tertiary alicyclic amines) is 1. The van der Waals surface area contributed by atoms with Gasteiger partial charge in [0.25, 0.3) is 5.91 Å². The highest BCUT2D eigenvalue weighted by atomic mass is 19.1. The number of hydrogen-bond donors (Lipinski definition) is 0. The largest absolute Gasteiger partial charge is 0.449 e. The fourth-order valence-electron chi connectivity index (χ4n) is 3.00. The molecule has 2 amide bonds. The maximum atomic E-state index is 13.6. The number of nitrogens with zero attached hydrogens (tertiary/aromatic N) is 3. The van der Waals surface area contributed by atoms with Gasteiger partial charge < -0.3 is 14.5 Å². The minimum atomic E-state index is -0.741. The smallest absolute Gasteiger partial charge is 0.410 e. The SMILES string of the molecule is O=C(c1cccnc1F)N1CCC(N2CCCOC2=O)CC1. The van der Waals surface area contributed by atoms with Crippen molar-refractivity contribution in [3.63, 3.8) is 0 Å². The van der Waals surface area contributed by atoms with E-state index >= 15 is 0 Å². The molecule has 0 unspecified atom stereocenters. The van der Waals surface area contributed by atoms with Crippen LogP contribution in [-0.4, -0.2) is 59.1 Å². The number of carbonyl (C=O) groups excluding carboxylic acids is 2. The molecule has 0 atom stereocenters. The molecule has 118 valence electrons. The highest BCUT2D eigenvalue weighted by molar-refractivity contribution is 5.94. The molecular weight excluding hydrogens is 289 g/mol. The van der Waals surface area contributed by atoms with E-state index in [-0.39, 0.29) is 23.6 Å². The Bertz CT molecular complexity index is 573. The lowest BCUT2D eigenvalue weighted by molar-refractivity contribution is 0.0355. The van der Waals surface area contributed by atoms with E-state index in [1.165, 1.54) is 12.3 Å². The number of halogens is 1. The summed E-state index contributed by atoms with van der Waals surface area (Å²) in [5.74, 6) is -1.08. The molecule has 0 bridgehead atoms. The molecule has 7 heteroatoms. The van der Waals surface area contributed by atoms with E-state index in [1.54, 1.807) is 15.9 Å². The number of ether oxygens (including phenoxy) is 1. The lowest BCUT2D eigenvalue weighted by atomic mass is 10.0. The Morgan fingerprint density at radius 2 is 2.09 bits per heavy atom. The monoisotopic (exact) mass is 307 g/mol. The van der Waals surface area contributed by atoms with Crippen LogP contribution in [0.3, 0.4) is 0 Å². The van der Waals surface area contributed by atoms with E-state index in [9.17, 15) is 14.0 Å². The van der Waals surface area contributed by atoms with Crippen LogP contribution in [0, 0.1) is 5.95 Å². The highest BCUT2D eigenvalue weighted by Gasteiger charge is 2.32. The van der Waals surface area contributed by atoms with Crippen LogP contribution in [0.1, 0.15) is 29.6 Å². The van der Waals surface area contributed by atoms with Crippen LogP contribution in [0.4, 0.5) is 9.18 Å². The van der Waals surface area contributed by atoms with E-state index in [4.69, 9.17) is 4.74 Å². The molecule has 2 aliphatic heterocycles. The van der Waals surface area contributed by atoms with Crippen molar-refractivity contribution in [2.24, 2.45) is 0 Å². The van der Waals surface area contributed by atoms with E-state index in [0.717, 1.165) is 6.42 Å². The van der Waals surface area contributed by atoms with Gasteiger partial charge in [0.2, 0.25) is 5.95 Å². The summed E-state index contributed by atoms with van der Waals surface area (Å²) in [6.07, 6.45) is 3.26. The summed E-state index contributed by atoms with van der Waals surface area (Å²) in [5.41, 5.74) is -0.00154. The van der Waals surface area contributed by atoms with Gasteiger partial charge in [0.05, 0.1) is 12.2 Å². The topological polar surface area (TPSA) is 62.7 Å². The van der Waals surface area contributed by atoms with Crippen LogP contribution < -0.4 is 0 Å². The minimum Gasteiger partial charge on any atom is -0.449 e. The number of amides is 2. The third-order valence-corrected chi connectivity index (χ3v) is 4.19. The maximum Gasteiger partial charge on any atom is 0.410 e. The van der Waals surface area contributed by atoms with Gasteiger partial charge in [-0.2, -0.15) is 4.39 Å². The van der Waals surface area contributed by atoms with Crippen molar-refractivity contribution >= 4 is 12.0 Å².